The zero-order chi connectivity index (χ0) is 9.28. The maximum absolute atomic E-state index is 10.7. The summed E-state index contributed by atoms with van der Waals surface area (Å²) in [5.74, 6) is -0.729. The van der Waals surface area contributed by atoms with Gasteiger partial charge in [-0.2, -0.15) is 0 Å². The first-order chi connectivity index (χ1) is 4.65. The zero-order valence-corrected chi connectivity index (χ0v) is 8.79. The van der Waals surface area contributed by atoms with E-state index in [0.717, 1.165) is 0 Å². The lowest BCUT2D eigenvalue weighted by molar-refractivity contribution is -0.147. The fourth-order valence-corrected chi connectivity index (χ4v) is 1.72. The molecule has 1 unspecified atom stereocenters. The highest BCUT2D eigenvalue weighted by Crippen LogP contribution is 2.33. The van der Waals surface area contributed by atoms with Crippen molar-refractivity contribution in [2.75, 3.05) is 0 Å². The van der Waals surface area contributed by atoms with Crippen molar-refractivity contribution in [3.05, 3.63) is 0 Å². The first kappa shape index (κ1) is 10.9. The molecule has 0 fully saturated rings. The Morgan fingerprint density at radius 2 is 1.73 bits per heavy atom. The van der Waals surface area contributed by atoms with Crippen LogP contribution in [0.5, 0.6) is 0 Å². The van der Waals surface area contributed by atoms with E-state index in [9.17, 15) is 4.79 Å². The highest BCUT2D eigenvalue weighted by molar-refractivity contribution is 7.18. The molecule has 0 saturated carbocycles. The standard InChI is InChI=1S/C8H17O2P/c1-7(2,6(9)10)5-8(3,4)11/h5,11H2,1-4H3,(H,9,10). The molecule has 0 aliphatic carbocycles. The average Bonchev–Trinajstić information content (AvgIpc) is 1.56. The molecule has 0 amide bonds. The van der Waals surface area contributed by atoms with Crippen LogP contribution < -0.4 is 0 Å². The Bertz CT molecular complexity index is 156. The monoisotopic (exact) mass is 176 g/mol. The molecule has 11 heavy (non-hydrogen) atoms. The molecule has 0 bridgehead atoms. The van der Waals surface area contributed by atoms with Crippen LogP contribution in [0.2, 0.25) is 0 Å². The molecular weight excluding hydrogens is 159 g/mol. The molecule has 3 heteroatoms. The lowest BCUT2D eigenvalue weighted by atomic mass is 9.84. The van der Waals surface area contributed by atoms with Gasteiger partial charge >= 0.3 is 5.97 Å². The fourth-order valence-electron chi connectivity index (χ4n) is 1.21. The molecule has 1 N–H and O–H groups in total. The molecule has 1 atom stereocenters. The van der Waals surface area contributed by atoms with Crippen molar-refractivity contribution >= 4 is 15.2 Å². The van der Waals surface area contributed by atoms with E-state index in [1.165, 1.54) is 0 Å². The second kappa shape index (κ2) is 3.10. The van der Waals surface area contributed by atoms with E-state index in [2.05, 4.69) is 9.24 Å². The maximum Gasteiger partial charge on any atom is 0.309 e. The van der Waals surface area contributed by atoms with Crippen molar-refractivity contribution in [3.8, 4) is 0 Å². The number of carbonyl (C=O) groups is 1. The number of hydrogen-bond acceptors (Lipinski definition) is 1. The van der Waals surface area contributed by atoms with Gasteiger partial charge in [0.2, 0.25) is 0 Å². The van der Waals surface area contributed by atoms with Gasteiger partial charge in [-0.25, -0.2) is 0 Å². The van der Waals surface area contributed by atoms with Gasteiger partial charge in [-0.05, 0) is 25.4 Å². The SMILES string of the molecule is CC(C)(P)CC(C)(C)C(=O)O. The largest absolute Gasteiger partial charge is 0.481 e. The van der Waals surface area contributed by atoms with Crippen molar-refractivity contribution in [2.24, 2.45) is 5.41 Å². The van der Waals surface area contributed by atoms with Gasteiger partial charge in [-0.15, -0.1) is 9.24 Å². The third-order valence-corrected chi connectivity index (χ3v) is 1.68. The molecule has 0 aliphatic heterocycles. The van der Waals surface area contributed by atoms with Gasteiger partial charge < -0.3 is 5.11 Å². The summed E-state index contributed by atoms with van der Waals surface area (Å²) in [4.78, 5) is 10.7. The summed E-state index contributed by atoms with van der Waals surface area (Å²) < 4.78 is 0. The van der Waals surface area contributed by atoms with Crippen molar-refractivity contribution < 1.29 is 9.90 Å². The Labute approximate surface area is 70.6 Å². The summed E-state index contributed by atoms with van der Waals surface area (Å²) in [6, 6.07) is 0. The molecule has 0 aliphatic rings. The smallest absolute Gasteiger partial charge is 0.309 e. The Kier molecular flexibility index (Phi) is 3.07. The predicted molar refractivity (Wildman–Crippen MR) is 49.8 cm³/mol. The third kappa shape index (κ3) is 4.36. The molecule has 0 aromatic heterocycles. The zero-order valence-electron chi connectivity index (χ0n) is 7.64. The number of carboxylic acid groups (broad SMARTS) is 1. The Balaban J connectivity index is 4.25. The van der Waals surface area contributed by atoms with E-state index in [-0.39, 0.29) is 5.16 Å². The van der Waals surface area contributed by atoms with Crippen molar-refractivity contribution in [3.63, 3.8) is 0 Å². The van der Waals surface area contributed by atoms with E-state index >= 15 is 0 Å². The topological polar surface area (TPSA) is 37.3 Å². The quantitative estimate of drug-likeness (QED) is 0.669. The molecule has 0 heterocycles. The minimum atomic E-state index is -0.729. The van der Waals surface area contributed by atoms with Crippen LogP contribution in [0, 0.1) is 5.41 Å². The van der Waals surface area contributed by atoms with E-state index in [1.54, 1.807) is 13.8 Å². The van der Waals surface area contributed by atoms with Crippen LogP contribution in [0.15, 0.2) is 0 Å². The van der Waals surface area contributed by atoms with Crippen LogP contribution in [-0.4, -0.2) is 16.2 Å². The number of hydrogen-bond donors (Lipinski definition) is 1. The van der Waals surface area contributed by atoms with E-state index in [4.69, 9.17) is 5.11 Å². The van der Waals surface area contributed by atoms with E-state index < -0.39 is 11.4 Å². The second-order valence-electron chi connectivity index (χ2n) is 4.35. The first-order valence-electron chi connectivity index (χ1n) is 3.67. The van der Waals surface area contributed by atoms with E-state index in [0.29, 0.717) is 6.42 Å². The predicted octanol–water partition coefficient (Wildman–Crippen LogP) is 2.14. The first-order valence-corrected chi connectivity index (χ1v) is 4.25. The lowest BCUT2D eigenvalue weighted by Gasteiger charge is -2.28. The Hall–Kier alpha value is -0.100. The summed E-state index contributed by atoms with van der Waals surface area (Å²) in [5.41, 5.74) is -0.620. The molecular formula is C8H17O2P. The van der Waals surface area contributed by atoms with Crippen LogP contribution in [0.3, 0.4) is 0 Å². The van der Waals surface area contributed by atoms with Crippen molar-refractivity contribution in [1.82, 2.24) is 0 Å². The average molecular weight is 176 g/mol. The van der Waals surface area contributed by atoms with Gasteiger partial charge in [0, 0.05) is 0 Å². The van der Waals surface area contributed by atoms with Gasteiger partial charge in [-0.3, -0.25) is 4.79 Å². The number of rotatable bonds is 3. The number of aliphatic carboxylic acids is 1. The highest BCUT2D eigenvalue weighted by Gasteiger charge is 2.32. The van der Waals surface area contributed by atoms with Gasteiger partial charge in [-0.1, -0.05) is 13.8 Å². The molecule has 66 valence electrons. The molecule has 0 rings (SSSR count). The normalized spacial score (nSPS) is 13.2. The minimum Gasteiger partial charge on any atom is -0.481 e. The third-order valence-electron chi connectivity index (χ3n) is 1.48. The molecule has 0 aromatic rings. The summed E-state index contributed by atoms with van der Waals surface area (Å²) >= 11 is 0. The van der Waals surface area contributed by atoms with Gasteiger partial charge in [0.1, 0.15) is 0 Å². The highest BCUT2D eigenvalue weighted by atomic mass is 31.0. The summed E-state index contributed by atoms with van der Waals surface area (Å²) in [6.07, 6.45) is 0.667. The van der Waals surface area contributed by atoms with Gasteiger partial charge in [0.25, 0.3) is 0 Å². The molecule has 2 nitrogen and oxygen atoms in total. The van der Waals surface area contributed by atoms with Crippen molar-refractivity contribution in [2.45, 2.75) is 39.3 Å². The van der Waals surface area contributed by atoms with Crippen LogP contribution in [0.4, 0.5) is 0 Å². The molecule has 0 aromatic carbocycles. The summed E-state index contributed by atoms with van der Waals surface area (Å²) in [7, 11) is 2.66. The van der Waals surface area contributed by atoms with Crippen LogP contribution in [0.25, 0.3) is 0 Å². The lowest BCUT2D eigenvalue weighted by Crippen LogP contribution is -2.30. The van der Waals surface area contributed by atoms with Gasteiger partial charge in [0.15, 0.2) is 0 Å². The van der Waals surface area contributed by atoms with E-state index in [1.807, 2.05) is 13.8 Å². The fraction of sp³-hybridized carbons (Fsp3) is 0.875. The van der Waals surface area contributed by atoms with Gasteiger partial charge in [0.05, 0.1) is 5.41 Å². The summed E-state index contributed by atoms with van der Waals surface area (Å²) in [6.45, 7) is 7.53. The second-order valence-corrected chi connectivity index (χ2v) is 5.92. The minimum absolute atomic E-state index is 0.00188. The van der Waals surface area contributed by atoms with Crippen LogP contribution in [0.1, 0.15) is 34.1 Å². The maximum atomic E-state index is 10.7. The Morgan fingerprint density at radius 1 is 1.36 bits per heavy atom. The van der Waals surface area contributed by atoms with Crippen LogP contribution >= 0.6 is 9.24 Å². The van der Waals surface area contributed by atoms with Crippen LogP contribution in [-0.2, 0) is 4.79 Å². The number of carboxylic acids is 1. The summed E-state index contributed by atoms with van der Waals surface area (Å²) in [5, 5.41) is 8.80. The van der Waals surface area contributed by atoms with Crippen molar-refractivity contribution in [1.29, 1.82) is 0 Å². The molecule has 0 saturated heterocycles. The molecule has 0 spiro atoms. The molecule has 0 radical (unpaired) electrons. The Morgan fingerprint density at radius 3 is 1.82 bits per heavy atom.